The fraction of sp³-hybridized carbons (Fsp3) is 0.875. The van der Waals surface area contributed by atoms with Gasteiger partial charge >= 0.3 is 6.92 Å². The zero-order valence-corrected chi connectivity index (χ0v) is 9.10. The fourth-order valence-electron chi connectivity index (χ4n) is 1.65. The molecule has 0 unspecified atom stereocenters. The van der Waals surface area contributed by atoms with Gasteiger partial charge in [0.1, 0.15) is 0 Å². The largest absolute Gasteiger partial charge is 0.449 e. The molecule has 0 aromatic heterocycles. The Morgan fingerprint density at radius 3 is 2.92 bits per heavy atom. The smallest absolute Gasteiger partial charge is 0.305 e. The van der Waals surface area contributed by atoms with Crippen molar-refractivity contribution in [2.24, 2.45) is 0 Å². The first kappa shape index (κ1) is 11.0. The number of thiocarbonyl (C=S) groups is 1. The van der Waals surface area contributed by atoms with E-state index in [0.717, 1.165) is 18.0 Å². The highest BCUT2D eigenvalue weighted by Crippen LogP contribution is 2.09. The normalized spacial score (nSPS) is 21.6. The van der Waals surface area contributed by atoms with Crippen LogP contribution in [0.3, 0.4) is 0 Å². The SMILES string of the molecule is CB(O)CN(C)C(=S)[C@@H]1CCCN1. The first-order valence-corrected chi connectivity index (χ1v) is 5.18. The van der Waals surface area contributed by atoms with Crippen molar-refractivity contribution in [2.75, 3.05) is 20.0 Å². The average molecular weight is 200 g/mol. The van der Waals surface area contributed by atoms with E-state index in [1.165, 1.54) is 6.42 Å². The van der Waals surface area contributed by atoms with Crippen molar-refractivity contribution in [3.05, 3.63) is 0 Å². The van der Waals surface area contributed by atoms with Crippen molar-refractivity contribution in [1.29, 1.82) is 0 Å². The van der Waals surface area contributed by atoms with Crippen LogP contribution in [0.2, 0.25) is 6.82 Å². The Bertz CT molecular complexity index is 183. The Labute approximate surface area is 85.6 Å². The molecule has 2 N–H and O–H groups in total. The molecule has 5 heteroatoms. The molecule has 0 bridgehead atoms. The van der Waals surface area contributed by atoms with Crippen molar-refractivity contribution < 1.29 is 5.02 Å². The van der Waals surface area contributed by atoms with Crippen LogP contribution in [0.1, 0.15) is 12.8 Å². The maximum atomic E-state index is 9.19. The molecule has 1 fully saturated rings. The van der Waals surface area contributed by atoms with Crippen LogP contribution < -0.4 is 5.32 Å². The summed E-state index contributed by atoms with van der Waals surface area (Å²) in [4.78, 5) is 2.89. The van der Waals surface area contributed by atoms with Crippen molar-refractivity contribution in [1.82, 2.24) is 10.2 Å². The Morgan fingerprint density at radius 1 is 1.77 bits per heavy atom. The van der Waals surface area contributed by atoms with Gasteiger partial charge < -0.3 is 15.2 Å². The molecule has 0 radical (unpaired) electrons. The maximum absolute atomic E-state index is 9.19. The van der Waals surface area contributed by atoms with E-state index in [1.54, 1.807) is 6.82 Å². The van der Waals surface area contributed by atoms with Crippen LogP contribution in [0.25, 0.3) is 0 Å². The quantitative estimate of drug-likeness (QED) is 0.502. The van der Waals surface area contributed by atoms with Crippen LogP contribution in [0.15, 0.2) is 0 Å². The van der Waals surface area contributed by atoms with Gasteiger partial charge in [0.15, 0.2) is 0 Å². The summed E-state index contributed by atoms with van der Waals surface area (Å²) in [7, 11) is 1.94. The van der Waals surface area contributed by atoms with Crippen molar-refractivity contribution in [2.45, 2.75) is 25.7 Å². The van der Waals surface area contributed by atoms with E-state index >= 15 is 0 Å². The molecular formula is C8H17BN2OS. The Morgan fingerprint density at radius 2 is 2.46 bits per heavy atom. The van der Waals surface area contributed by atoms with Gasteiger partial charge in [0.05, 0.1) is 11.0 Å². The topological polar surface area (TPSA) is 35.5 Å². The third kappa shape index (κ3) is 3.25. The predicted molar refractivity (Wildman–Crippen MR) is 60.1 cm³/mol. The molecule has 74 valence electrons. The van der Waals surface area contributed by atoms with Gasteiger partial charge in [-0.15, -0.1) is 0 Å². The Kier molecular flexibility index (Phi) is 4.16. The first-order chi connectivity index (χ1) is 6.11. The summed E-state index contributed by atoms with van der Waals surface area (Å²) in [6, 6.07) is 0.346. The van der Waals surface area contributed by atoms with Gasteiger partial charge in [0.25, 0.3) is 0 Å². The molecule has 0 aromatic carbocycles. The molecule has 0 spiro atoms. The Balaban J connectivity index is 2.36. The molecule has 3 nitrogen and oxygen atoms in total. The molecule has 1 atom stereocenters. The van der Waals surface area contributed by atoms with Gasteiger partial charge in [-0.1, -0.05) is 19.0 Å². The van der Waals surface area contributed by atoms with Gasteiger partial charge in [-0.3, -0.25) is 0 Å². The summed E-state index contributed by atoms with van der Waals surface area (Å²) in [5.74, 6) is 0. The van der Waals surface area contributed by atoms with Crippen molar-refractivity contribution in [3.8, 4) is 0 Å². The Hall–Kier alpha value is -0.125. The number of hydrogen-bond acceptors (Lipinski definition) is 3. The van der Waals surface area contributed by atoms with Gasteiger partial charge in [-0.25, -0.2) is 0 Å². The number of likely N-dealkylation sites (N-methyl/N-ethyl adjacent to an activating group) is 1. The highest BCUT2D eigenvalue weighted by molar-refractivity contribution is 7.80. The van der Waals surface area contributed by atoms with E-state index in [9.17, 15) is 5.02 Å². The van der Waals surface area contributed by atoms with Crippen LogP contribution in [-0.4, -0.2) is 47.9 Å². The summed E-state index contributed by atoms with van der Waals surface area (Å²) < 4.78 is 0. The average Bonchev–Trinajstić information content (AvgIpc) is 2.53. The number of nitrogens with zero attached hydrogens (tertiary/aromatic N) is 1. The standard InChI is InChI=1S/C8H17BN2OS/c1-9(12)6-11(2)8(13)7-4-3-5-10-7/h7,10,12H,3-6H2,1-2H3/t7-/m0/s1. The second-order valence-electron chi connectivity index (χ2n) is 3.72. The van der Waals surface area contributed by atoms with Crippen molar-refractivity contribution >= 4 is 24.1 Å². The number of nitrogens with one attached hydrogen (secondary N) is 1. The summed E-state index contributed by atoms with van der Waals surface area (Å²) in [5.41, 5.74) is 0. The maximum Gasteiger partial charge on any atom is 0.305 e. The molecule has 13 heavy (non-hydrogen) atoms. The minimum absolute atomic E-state index is 0.315. The van der Waals surface area contributed by atoms with Gasteiger partial charge in [-0.2, -0.15) is 0 Å². The lowest BCUT2D eigenvalue weighted by molar-refractivity contribution is 0.499. The summed E-state index contributed by atoms with van der Waals surface area (Å²) in [5, 5.41) is 12.5. The molecular weight excluding hydrogens is 183 g/mol. The van der Waals surface area contributed by atoms with E-state index in [0.29, 0.717) is 12.5 Å². The van der Waals surface area contributed by atoms with Crippen LogP contribution >= 0.6 is 12.2 Å². The summed E-state index contributed by atoms with van der Waals surface area (Å²) in [6.07, 6.45) is 2.95. The van der Waals surface area contributed by atoms with Gasteiger partial charge in [0, 0.05) is 13.5 Å². The zero-order valence-electron chi connectivity index (χ0n) is 8.29. The molecule has 1 saturated heterocycles. The molecule has 0 saturated carbocycles. The van der Waals surface area contributed by atoms with Gasteiger partial charge in [-0.05, 0) is 19.4 Å². The minimum Gasteiger partial charge on any atom is -0.449 e. The molecule has 0 aliphatic carbocycles. The summed E-state index contributed by atoms with van der Waals surface area (Å²) >= 11 is 5.31. The van der Waals surface area contributed by atoms with Crippen LogP contribution in [0.4, 0.5) is 0 Å². The number of hydrogen-bond donors (Lipinski definition) is 2. The first-order valence-electron chi connectivity index (χ1n) is 4.77. The molecule has 0 amide bonds. The monoisotopic (exact) mass is 200 g/mol. The second kappa shape index (κ2) is 4.93. The number of rotatable bonds is 3. The minimum atomic E-state index is -0.315. The molecule has 1 rings (SSSR count). The zero-order chi connectivity index (χ0) is 9.84. The lowest BCUT2D eigenvalue weighted by Gasteiger charge is -2.24. The van der Waals surface area contributed by atoms with Crippen LogP contribution in [-0.2, 0) is 0 Å². The van der Waals surface area contributed by atoms with Crippen LogP contribution in [0, 0.1) is 0 Å². The lowest BCUT2D eigenvalue weighted by atomic mass is 9.72. The fourth-order valence-corrected chi connectivity index (χ4v) is 1.92. The third-order valence-electron chi connectivity index (χ3n) is 2.27. The molecule has 0 aromatic rings. The molecule has 1 aliphatic heterocycles. The van der Waals surface area contributed by atoms with Crippen molar-refractivity contribution in [3.63, 3.8) is 0 Å². The summed E-state index contributed by atoms with van der Waals surface area (Å²) in [6.45, 7) is 2.53. The lowest BCUT2D eigenvalue weighted by Crippen LogP contribution is -2.43. The highest BCUT2D eigenvalue weighted by atomic mass is 32.1. The van der Waals surface area contributed by atoms with Crippen LogP contribution in [0.5, 0.6) is 0 Å². The molecule has 1 aliphatic rings. The highest BCUT2D eigenvalue weighted by Gasteiger charge is 2.22. The van der Waals surface area contributed by atoms with E-state index in [1.807, 2.05) is 11.9 Å². The van der Waals surface area contributed by atoms with E-state index in [2.05, 4.69) is 5.32 Å². The molecule has 1 heterocycles. The van der Waals surface area contributed by atoms with E-state index in [-0.39, 0.29) is 6.92 Å². The van der Waals surface area contributed by atoms with E-state index in [4.69, 9.17) is 12.2 Å². The second-order valence-corrected chi connectivity index (χ2v) is 4.13. The van der Waals surface area contributed by atoms with E-state index < -0.39 is 0 Å². The predicted octanol–water partition coefficient (Wildman–Crippen LogP) is 0.150. The third-order valence-corrected chi connectivity index (χ3v) is 2.87. The van der Waals surface area contributed by atoms with Gasteiger partial charge in [0.2, 0.25) is 0 Å².